The van der Waals surface area contributed by atoms with Crippen molar-refractivity contribution in [2.75, 3.05) is 0 Å². The molecule has 0 aliphatic heterocycles. The summed E-state index contributed by atoms with van der Waals surface area (Å²) < 4.78 is 0. The molecule has 0 saturated heterocycles. The average molecular weight is 525 g/mol. The van der Waals surface area contributed by atoms with E-state index in [1.807, 2.05) is 85.2 Å². The van der Waals surface area contributed by atoms with E-state index in [1.54, 1.807) is 36.7 Å². The Hall–Kier alpha value is -5.76. The van der Waals surface area contributed by atoms with Gasteiger partial charge < -0.3 is 9.97 Å². The number of nitrogens with zero attached hydrogens (tertiary/aromatic N) is 2. The minimum absolute atomic E-state index is 0.300. The normalized spacial score (nSPS) is 11.5. The molecular weight excluding hydrogens is 500 g/mol. The first kappa shape index (κ1) is 24.6. The standard InChI is InChI=1S/C32H24N6O2/c39-31(37-35-19-21-1-11-29-27(17-21)13-15-33-29)25-7-3-23(4-8-25)24-5-9-26(10-6-24)32(40)38-36-20-22-2-12-30-28(18-22)14-16-34-30/h1-20,33-34H,(H,37,39)(H,38,40)/b35-19+,36-20+. The van der Waals surface area contributed by atoms with Crippen molar-refractivity contribution in [3.63, 3.8) is 0 Å². The Balaban J connectivity index is 1.04. The first-order chi connectivity index (χ1) is 19.6. The highest BCUT2D eigenvalue weighted by atomic mass is 16.2. The van der Waals surface area contributed by atoms with Gasteiger partial charge in [0.25, 0.3) is 11.8 Å². The predicted molar refractivity (Wildman–Crippen MR) is 159 cm³/mol. The fourth-order valence-electron chi connectivity index (χ4n) is 4.39. The third-order valence-electron chi connectivity index (χ3n) is 6.54. The maximum Gasteiger partial charge on any atom is 0.271 e. The van der Waals surface area contributed by atoms with Gasteiger partial charge >= 0.3 is 0 Å². The van der Waals surface area contributed by atoms with E-state index in [2.05, 4.69) is 31.0 Å². The van der Waals surface area contributed by atoms with Gasteiger partial charge in [-0.2, -0.15) is 10.2 Å². The number of hydrogen-bond acceptors (Lipinski definition) is 4. The first-order valence-electron chi connectivity index (χ1n) is 12.6. The second kappa shape index (κ2) is 10.9. The van der Waals surface area contributed by atoms with Crippen LogP contribution in [0, 0.1) is 0 Å². The molecule has 2 amide bonds. The molecule has 6 rings (SSSR count). The molecule has 8 nitrogen and oxygen atoms in total. The topological polar surface area (TPSA) is 114 Å². The maximum absolute atomic E-state index is 12.5. The molecule has 0 saturated carbocycles. The molecule has 0 radical (unpaired) electrons. The van der Waals surface area contributed by atoms with Gasteiger partial charge in [-0.25, -0.2) is 10.9 Å². The number of carbonyl (C=O) groups is 2. The number of H-pyrrole nitrogens is 2. The van der Waals surface area contributed by atoms with E-state index in [-0.39, 0.29) is 11.8 Å². The Morgan fingerprint density at radius 1 is 0.550 bits per heavy atom. The van der Waals surface area contributed by atoms with Crippen molar-refractivity contribution in [1.29, 1.82) is 0 Å². The third-order valence-corrected chi connectivity index (χ3v) is 6.54. The third kappa shape index (κ3) is 5.41. The molecule has 0 aliphatic rings. The van der Waals surface area contributed by atoms with Crippen LogP contribution in [0.5, 0.6) is 0 Å². The molecule has 0 fully saturated rings. The van der Waals surface area contributed by atoms with Crippen LogP contribution in [0.4, 0.5) is 0 Å². The molecule has 0 bridgehead atoms. The first-order valence-corrected chi connectivity index (χ1v) is 12.6. The molecule has 2 heterocycles. The van der Waals surface area contributed by atoms with Gasteiger partial charge in [0.1, 0.15) is 0 Å². The van der Waals surface area contributed by atoms with Gasteiger partial charge in [0.2, 0.25) is 0 Å². The number of hydrazone groups is 2. The van der Waals surface area contributed by atoms with E-state index >= 15 is 0 Å². The number of rotatable bonds is 7. The molecular formula is C32H24N6O2. The molecule has 194 valence electrons. The van der Waals surface area contributed by atoms with E-state index in [0.717, 1.165) is 44.1 Å². The predicted octanol–water partition coefficient (Wildman–Crippen LogP) is 5.84. The van der Waals surface area contributed by atoms with Gasteiger partial charge in [-0.1, -0.05) is 36.4 Å². The van der Waals surface area contributed by atoms with E-state index in [4.69, 9.17) is 0 Å². The zero-order valence-electron chi connectivity index (χ0n) is 21.3. The minimum atomic E-state index is -0.300. The lowest BCUT2D eigenvalue weighted by Gasteiger charge is -2.05. The van der Waals surface area contributed by atoms with Crippen molar-refractivity contribution in [2.24, 2.45) is 10.2 Å². The summed E-state index contributed by atoms with van der Waals surface area (Å²) in [7, 11) is 0. The van der Waals surface area contributed by atoms with Gasteiger partial charge in [0, 0.05) is 34.6 Å². The molecule has 40 heavy (non-hydrogen) atoms. The van der Waals surface area contributed by atoms with Crippen LogP contribution in [0.15, 0.2) is 120 Å². The van der Waals surface area contributed by atoms with Crippen molar-refractivity contribution in [3.05, 3.63) is 132 Å². The molecule has 0 unspecified atom stereocenters. The van der Waals surface area contributed by atoms with E-state index in [1.165, 1.54) is 0 Å². The Morgan fingerprint density at radius 3 is 1.40 bits per heavy atom. The van der Waals surface area contributed by atoms with Crippen LogP contribution in [0.1, 0.15) is 31.8 Å². The number of hydrogen-bond donors (Lipinski definition) is 4. The van der Waals surface area contributed by atoms with Crippen molar-refractivity contribution < 1.29 is 9.59 Å². The number of aromatic nitrogens is 2. The van der Waals surface area contributed by atoms with Crippen molar-refractivity contribution in [3.8, 4) is 11.1 Å². The summed E-state index contributed by atoms with van der Waals surface area (Å²) in [4.78, 5) is 31.3. The van der Waals surface area contributed by atoms with E-state index in [9.17, 15) is 9.59 Å². The zero-order valence-corrected chi connectivity index (χ0v) is 21.3. The van der Waals surface area contributed by atoms with Crippen molar-refractivity contribution >= 4 is 46.0 Å². The smallest absolute Gasteiger partial charge is 0.271 e. The lowest BCUT2D eigenvalue weighted by atomic mass is 10.0. The summed E-state index contributed by atoms with van der Waals surface area (Å²) in [5, 5.41) is 10.3. The Morgan fingerprint density at radius 2 is 0.975 bits per heavy atom. The summed E-state index contributed by atoms with van der Waals surface area (Å²) in [6.45, 7) is 0. The number of amides is 2. The molecule has 0 spiro atoms. The van der Waals surface area contributed by atoms with Crippen LogP contribution >= 0.6 is 0 Å². The zero-order chi connectivity index (χ0) is 27.3. The number of nitrogens with one attached hydrogen (secondary N) is 4. The molecule has 0 atom stereocenters. The fraction of sp³-hybridized carbons (Fsp3) is 0. The largest absolute Gasteiger partial charge is 0.361 e. The van der Waals surface area contributed by atoms with Crippen LogP contribution in [0.25, 0.3) is 32.9 Å². The van der Waals surface area contributed by atoms with Crippen LogP contribution in [-0.4, -0.2) is 34.2 Å². The SMILES string of the molecule is O=C(N/N=C/c1ccc2[nH]ccc2c1)c1ccc(-c2ccc(C(=O)N/N=C/c3ccc4[nH]ccc4c3)cc2)cc1. The summed E-state index contributed by atoms with van der Waals surface area (Å²) in [5.41, 5.74) is 11.8. The Kier molecular flexibility index (Phi) is 6.71. The monoisotopic (exact) mass is 524 g/mol. The molecule has 4 N–H and O–H groups in total. The van der Waals surface area contributed by atoms with Gasteiger partial charge in [0.05, 0.1) is 12.4 Å². The Labute approximate surface area is 229 Å². The summed E-state index contributed by atoms with van der Waals surface area (Å²) in [5.74, 6) is -0.600. The average Bonchev–Trinajstić information content (AvgIpc) is 3.66. The van der Waals surface area contributed by atoms with Gasteiger partial charge in [-0.3, -0.25) is 9.59 Å². The van der Waals surface area contributed by atoms with Crippen LogP contribution in [-0.2, 0) is 0 Å². The fourth-order valence-corrected chi connectivity index (χ4v) is 4.39. The number of aromatic amines is 2. The van der Waals surface area contributed by atoms with E-state index in [0.29, 0.717) is 11.1 Å². The molecule has 8 heteroatoms. The second-order valence-corrected chi connectivity index (χ2v) is 9.20. The van der Waals surface area contributed by atoms with Gasteiger partial charge in [-0.05, 0) is 93.7 Å². The highest BCUT2D eigenvalue weighted by Gasteiger charge is 2.08. The highest BCUT2D eigenvalue weighted by molar-refractivity contribution is 5.97. The van der Waals surface area contributed by atoms with Gasteiger partial charge in [-0.15, -0.1) is 0 Å². The van der Waals surface area contributed by atoms with Crippen molar-refractivity contribution in [2.45, 2.75) is 0 Å². The highest BCUT2D eigenvalue weighted by Crippen LogP contribution is 2.21. The Bertz CT molecular complexity index is 1740. The lowest BCUT2D eigenvalue weighted by molar-refractivity contribution is 0.0947. The maximum atomic E-state index is 12.5. The number of carbonyl (C=O) groups excluding carboxylic acids is 2. The quantitative estimate of drug-likeness (QED) is 0.155. The summed E-state index contributed by atoms with van der Waals surface area (Å²) in [6, 6.07) is 30.1. The molecule has 4 aromatic carbocycles. The molecule has 6 aromatic rings. The van der Waals surface area contributed by atoms with E-state index < -0.39 is 0 Å². The van der Waals surface area contributed by atoms with Crippen molar-refractivity contribution in [1.82, 2.24) is 20.8 Å². The second-order valence-electron chi connectivity index (χ2n) is 9.20. The van der Waals surface area contributed by atoms with Gasteiger partial charge in [0.15, 0.2) is 0 Å². The number of fused-ring (bicyclic) bond motifs is 2. The van der Waals surface area contributed by atoms with Crippen LogP contribution < -0.4 is 10.9 Å². The minimum Gasteiger partial charge on any atom is -0.361 e. The summed E-state index contributed by atoms with van der Waals surface area (Å²) >= 11 is 0. The van der Waals surface area contributed by atoms with Crippen LogP contribution in [0.2, 0.25) is 0 Å². The molecule has 0 aliphatic carbocycles. The lowest BCUT2D eigenvalue weighted by Crippen LogP contribution is -2.17. The van der Waals surface area contributed by atoms with Crippen LogP contribution in [0.3, 0.4) is 0 Å². The summed E-state index contributed by atoms with van der Waals surface area (Å²) in [6.07, 6.45) is 6.99. The number of benzene rings is 4. The molecule has 2 aromatic heterocycles.